The Labute approximate surface area is 205 Å². The van der Waals surface area contributed by atoms with Crippen LogP contribution >= 0.6 is 11.6 Å². The molecule has 0 bridgehead atoms. The van der Waals surface area contributed by atoms with E-state index in [-0.39, 0.29) is 28.9 Å². The molecular weight excluding hydrogens is 472 g/mol. The Morgan fingerprint density at radius 2 is 1.79 bits per heavy atom. The van der Waals surface area contributed by atoms with Crippen molar-refractivity contribution in [1.82, 2.24) is 5.32 Å². The van der Waals surface area contributed by atoms with Gasteiger partial charge in [-0.1, -0.05) is 42.8 Å². The summed E-state index contributed by atoms with van der Waals surface area (Å²) in [6, 6.07) is 17.6. The zero-order chi connectivity index (χ0) is 24.3. The second kappa shape index (κ2) is 10.2. The minimum Gasteiger partial charge on any atom is -0.495 e. The van der Waals surface area contributed by atoms with E-state index in [9.17, 15) is 13.2 Å². The highest BCUT2D eigenvalue weighted by Crippen LogP contribution is 2.30. The quantitative estimate of drug-likeness (QED) is 0.453. The van der Waals surface area contributed by atoms with Gasteiger partial charge < -0.3 is 15.4 Å². The molecule has 1 amide bonds. The number of amides is 1. The second-order valence-corrected chi connectivity index (χ2v) is 10.9. The van der Waals surface area contributed by atoms with E-state index >= 15 is 0 Å². The molecule has 2 N–H and O–H groups in total. The fourth-order valence-electron chi connectivity index (χ4n) is 4.08. The monoisotopic (exact) mass is 498 g/mol. The molecule has 1 unspecified atom stereocenters. The van der Waals surface area contributed by atoms with Gasteiger partial charge >= 0.3 is 0 Å². The van der Waals surface area contributed by atoms with Crippen molar-refractivity contribution in [2.24, 2.45) is 0 Å². The van der Waals surface area contributed by atoms with Crippen LogP contribution in [0.2, 0.25) is 5.02 Å². The number of halogens is 1. The molecule has 0 aliphatic carbocycles. The number of nitrogens with one attached hydrogen (secondary N) is 2. The number of ether oxygens (including phenoxy) is 1. The van der Waals surface area contributed by atoms with E-state index in [0.717, 1.165) is 29.8 Å². The summed E-state index contributed by atoms with van der Waals surface area (Å²) in [5.41, 5.74) is 4.62. The number of carbonyl (C=O) groups is 1. The van der Waals surface area contributed by atoms with Crippen LogP contribution in [0.15, 0.2) is 65.6 Å². The van der Waals surface area contributed by atoms with Gasteiger partial charge in [0.15, 0.2) is 9.84 Å². The summed E-state index contributed by atoms with van der Waals surface area (Å²) in [7, 11) is -1.94. The first-order valence-corrected chi connectivity index (χ1v) is 13.1. The van der Waals surface area contributed by atoms with Gasteiger partial charge in [-0.15, -0.1) is 0 Å². The predicted octanol–water partition coefficient (Wildman–Crippen LogP) is 5.06. The average molecular weight is 499 g/mol. The molecule has 178 valence electrons. The molecule has 1 atom stereocenters. The van der Waals surface area contributed by atoms with Crippen molar-refractivity contribution in [2.45, 2.75) is 43.0 Å². The fourth-order valence-corrected chi connectivity index (χ4v) is 5.69. The molecule has 1 aliphatic rings. The number of hydrogen-bond donors (Lipinski definition) is 2. The van der Waals surface area contributed by atoms with Gasteiger partial charge in [-0.3, -0.25) is 4.79 Å². The molecule has 4 rings (SSSR count). The van der Waals surface area contributed by atoms with Crippen molar-refractivity contribution in [3.8, 4) is 5.75 Å². The first-order valence-electron chi connectivity index (χ1n) is 11.0. The number of hydrogen-bond acceptors (Lipinski definition) is 5. The maximum Gasteiger partial charge on any atom is 0.224 e. The molecule has 3 aromatic carbocycles. The van der Waals surface area contributed by atoms with Crippen LogP contribution in [0.4, 0.5) is 5.69 Å². The Balaban J connectivity index is 1.37. The number of carbonyl (C=O) groups excluding carboxylic acids is 1. The van der Waals surface area contributed by atoms with Crippen molar-refractivity contribution in [3.05, 3.63) is 87.9 Å². The van der Waals surface area contributed by atoms with Crippen LogP contribution in [-0.2, 0) is 33.5 Å². The molecular formula is C26H27ClN2O4S. The van der Waals surface area contributed by atoms with Crippen LogP contribution in [0.3, 0.4) is 0 Å². The van der Waals surface area contributed by atoms with Gasteiger partial charge in [0.2, 0.25) is 5.91 Å². The normalized spacial score (nSPS) is 13.9. The summed E-state index contributed by atoms with van der Waals surface area (Å²) in [6.07, 6.45) is 0.260. The number of anilines is 1. The fraction of sp³-hybridized carbons (Fsp3) is 0.269. The van der Waals surface area contributed by atoms with E-state index in [4.69, 9.17) is 16.3 Å². The van der Waals surface area contributed by atoms with Crippen LogP contribution in [-0.4, -0.2) is 21.4 Å². The molecule has 0 fully saturated rings. The van der Waals surface area contributed by atoms with Gasteiger partial charge in [0.1, 0.15) is 5.75 Å². The number of benzene rings is 3. The lowest BCUT2D eigenvalue weighted by Gasteiger charge is -2.14. The Kier molecular flexibility index (Phi) is 7.26. The number of sulfone groups is 1. The van der Waals surface area contributed by atoms with Gasteiger partial charge in [0.05, 0.1) is 22.8 Å². The summed E-state index contributed by atoms with van der Waals surface area (Å²) in [4.78, 5) is 12.8. The Bertz CT molecular complexity index is 1310. The van der Waals surface area contributed by atoms with Crippen LogP contribution in [0, 0.1) is 0 Å². The van der Waals surface area contributed by atoms with E-state index < -0.39 is 9.84 Å². The van der Waals surface area contributed by atoms with Crippen molar-refractivity contribution in [3.63, 3.8) is 0 Å². The lowest BCUT2D eigenvalue weighted by Crippen LogP contribution is -2.14. The minimum absolute atomic E-state index is 0.0504. The molecule has 0 aromatic heterocycles. The molecule has 3 aromatic rings. The van der Waals surface area contributed by atoms with Crippen molar-refractivity contribution in [1.29, 1.82) is 0 Å². The molecule has 6 nitrogen and oxygen atoms in total. The van der Waals surface area contributed by atoms with Gasteiger partial charge in [0, 0.05) is 25.2 Å². The third kappa shape index (κ3) is 5.60. The Morgan fingerprint density at radius 1 is 1.06 bits per heavy atom. The lowest BCUT2D eigenvalue weighted by molar-refractivity contribution is -0.116. The molecule has 0 saturated heterocycles. The molecule has 1 heterocycles. The minimum atomic E-state index is -3.50. The highest BCUT2D eigenvalue weighted by atomic mass is 35.5. The number of fused-ring (bicyclic) bond motifs is 1. The maximum absolute atomic E-state index is 12.9. The zero-order valence-electron chi connectivity index (χ0n) is 19.1. The van der Waals surface area contributed by atoms with Gasteiger partial charge in [-0.25, -0.2) is 8.42 Å². The molecule has 0 radical (unpaired) electrons. The topological polar surface area (TPSA) is 84.5 Å². The zero-order valence-corrected chi connectivity index (χ0v) is 20.7. The smallest absolute Gasteiger partial charge is 0.224 e. The third-order valence-corrected chi connectivity index (χ3v) is 7.99. The van der Waals surface area contributed by atoms with E-state index in [1.54, 1.807) is 31.4 Å². The van der Waals surface area contributed by atoms with E-state index in [1.807, 2.05) is 31.2 Å². The summed E-state index contributed by atoms with van der Waals surface area (Å²) in [6.45, 7) is 3.53. The summed E-state index contributed by atoms with van der Waals surface area (Å²) in [5, 5.41) is 6.60. The van der Waals surface area contributed by atoms with E-state index in [0.29, 0.717) is 16.5 Å². The Hall–Kier alpha value is -2.87. The maximum atomic E-state index is 12.9. The SMILES string of the molecule is COc1ccc(C(C)CC(=O)Nc2ccc(S(=O)(=O)Cc3ccc4c(c3)CNC4)cc2)cc1Cl. The largest absolute Gasteiger partial charge is 0.495 e. The van der Waals surface area contributed by atoms with Crippen molar-refractivity contribution >= 4 is 33.0 Å². The van der Waals surface area contributed by atoms with Crippen LogP contribution < -0.4 is 15.4 Å². The van der Waals surface area contributed by atoms with Crippen LogP contribution in [0.1, 0.15) is 41.5 Å². The highest BCUT2D eigenvalue weighted by Gasteiger charge is 2.18. The average Bonchev–Trinajstić information content (AvgIpc) is 3.27. The van der Waals surface area contributed by atoms with Crippen LogP contribution in [0.25, 0.3) is 0 Å². The summed E-state index contributed by atoms with van der Waals surface area (Å²) in [5.74, 6) is 0.311. The predicted molar refractivity (Wildman–Crippen MR) is 134 cm³/mol. The highest BCUT2D eigenvalue weighted by molar-refractivity contribution is 7.90. The summed E-state index contributed by atoms with van der Waals surface area (Å²) >= 11 is 6.19. The van der Waals surface area contributed by atoms with Crippen molar-refractivity contribution < 1.29 is 17.9 Å². The molecule has 0 spiro atoms. The number of methoxy groups -OCH3 is 1. The first-order chi connectivity index (χ1) is 16.2. The van der Waals surface area contributed by atoms with Gasteiger partial charge in [-0.2, -0.15) is 0 Å². The standard InChI is InChI=1S/C26H27ClN2O4S/c1-17(19-5-10-25(33-2)24(27)13-19)11-26(30)29-22-6-8-23(9-7-22)34(31,32)16-18-3-4-20-14-28-15-21(20)12-18/h3-10,12-13,17,28H,11,14-16H2,1-2H3,(H,29,30). The van der Waals surface area contributed by atoms with Gasteiger partial charge in [0.25, 0.3) is 0 Å². The van der Waals surface area contributed by atoms with E-state index in [2.05, 4.69) is 10.6 Å². The van der Waals surface area contributed by atoms with E-state index in [1.165, 1.54) is 17.7 Å². The molecule has 1 aliphatic heterocycles. The number of rotatable bonds is 8. The third-order valence-electron chi connectivity index (χ3n) is 5.99. The second-order valence-electron chi connectivity index (χ2n) is 8.54. The van der Waals surface area contributed by atoms with Crippen LogP contribution in [0.5, 0.6) is 5.75 Å². The molecule has 8 heteroatoms. The van der Waals surface area contributed by atoms with Crippen molar-refractivity contribution in [2.75, 3.05) is 12.4 Å². The first kappa shape index (κ1) is 24.3. The lowest BCUT2D eigenvalue weighted by atomic mass is 9.97. The Morgan fingerprint density at radius 3 is 2.50 bits per heavy atom. The molecule has 0 saturated carbocycles. The molecule has 34 heavy (non-hydrogen) atoms. The van der Waals surface area contributed by atoms with Gasteiger partial charge in [-0.05, 0) is 64.6 Å². The summed E-state index contributed by atoms with van der Waals surface area (Å²) < 4.78 is 30.9.